The summed E-state index contributed by atoms with van der Waals surface area (Å²) in [5, 5.41) is 2.85. The number of aromatic nitrogens is 2. The molecule has 0 unspecified atom stereocenters. The molecule has 144 valence electrons. The Morgan fingerprint density at radius 2 is 1.93 bits per heavy atom. The van der Waals surface area contributed by atoms with Gasteiger partial charge in [-0.1, -0.05) is 35.9 Å². The van der Waals surface area contributed by atoms with E-state index in [1.807, 2.05) is 50.1 Å². The number of aryl methyl sites for hydroxylation is 1. The smallest absolute Gasteiger partial charge is 0.256 e. The first kappa shape index (κ1) is 19.5. The van der Waals surface area contributed by atoms with Crippen molar-refractivity contribution in [2.24, 2.45) is 0 Å². The molecule has 1 amide bonds. The number of benzene rings is 2. The van der Waals surface area contributed by atoms with Crippen LogP contribution in [0.3, 0.4) is 0 Å². The maximum atomic E-state index is 13.0. The van der Waals surface area contributed by atoms with E-state index < -0.39 is 0 Å². The third-order valence-electron chi connectivity index (χ3n) is 4.49. The average Bonchev–Trinajstić information content (AvgIpc) is 2.72. The predicted molar refractivity (Wildman–Crippen MR) is 109 cm³/mol. The molecule has 6 heteroatoms. The van der Waals surface area contributed by atoms with Crippen LogP contribution in [0.15, 0.2) is 54.7 Å². The van der Waals surface area contributed by atoms with E-state index in [1.165, 1.54) is 12.1 Å². The second-order valence-corrected chi connectivity index (χ2v) is 6.62. The van der Waals surface area contributed by atoms with E-state index >= 15 is 0 Å². The summed E-state index contributed by atoms with van der Waals surface area (Å²) in [5.74, 6) is 0.581. The predicted octanol–water partition coefficient (Wildman–Crippen LogP) is 3.98. The molecule has 0 atom stereocenters. The van der Waals surface area contributed by atoms with Crippen LogP contribution >= 0.6 is 0 Å². The first-order valence-corrected chi connectivity index (χ1v) is 9.15. The zero-order chi connectivity index (χ0) is 20.1. The van der Waals surface area contributed by atoms with Crippen LogP contribution in [0.2, 0.25) is 0 Å². The van der Waals surface area contributed by atoms with Crippen molar-refractivity contribution >= 4 is 11.7 Å². The number of anilines is 1. The Kier molecular flexibility index (Phi) is 5.99. The minimum atomic E-state index is -0.304. The van der Waals surface area contributed by atoms with Crippen molar-refractivity contribution in [1.82, 2.24) is 15.3 Å². The van der Waals surface area contributed by atoms with Gasteiger partial charge in [-0.2, -0.15) is 0 Å². The molecule has 0 aliphatic carbocycles. The quantitative estimate of drug-likeness (QED) is 0.705. The number of amides is 1. The van der Waals surface area contributed by atoms with E-state index in [9.17, 15) is 9.18 Å². The SMILES string of the molecule is CCN(C)c1nc(-c2cccc(C)c2)ncc1C(=O)NCc1ccc(F)cc1. The van der Waals surface area contributed by atoms with Gasteiger partial charge in [-0.15, -0.1) is 0 Å². The maximum absolute atomic E-state index is 13.0. The van der Waals surface area contributed by atoms with Gasteiger partial charge in [0.05, 0.1) is 0 Å². The Morgan fingerprint density at radius 1 is 1.18 bits per heavy atom. The zero-order valence-corrected chi connectivity index (χ0v) is 16.2. The van der Waals surface area contributed by atoms with Crippen molar-refractivity contribution in [3.8, 4) is 11.4 Å². The van der Waals surface area contributed by atoms with Crippen molar-refractivity contribution in [3.63, 3.8) is 0 Å². The normalized spacial score (nSPS) is 10.6. The lowest BCUT2D eigenvalue weighted by molar-refractivity contribution is 0.0950. The maximum Gasteiger partial charge on any atom is 0.256 e. The molecule has 0 fully saturated rings. The van der Waals surface area contributed by atoms with Gasteiger partial charge in [0.25, 0.3) is 5.91 Å². The van der Waals surface area contributed by atoms with E-state index in [1.54, 1.807) is 18.3 Å². The summed E-state index contributed by atoms with van der Waals surface area (Å²) in [6.07, 6.45) is 1.56. The topological polar surface area (TPSA) is 58.1 Å². The van der Waals surface area contributed by atoms with E-state index in [0.29, 0.717) is 30.3 Å². The number of nitrogens with zero attached hydrogens (tertiary/aromatic N) is 3. The molecule has 28 heavy (non-hydrogen) atoms. The fraction of sp³-hybridized carbons (Fsp3) is 0.227. The van der Waals surface area contributed by atoms with Crippen molar-refractivity contribution in [1.29, 1.82) is 0 Å². The molecule has 5 nitrogen and oxygen atoms in total. The second kappa shape index (κ2) is 8.61. The summed E-state index contributed by atoms with van der Waals surface area (Å²) in [5.41, 5.74) is 3.25. The van der Waals surface area contributed by atoms with Crippen LogP contribution in [0, 0.1) is 12.7 Å². The van der Waals surface area contributed by atoms with Crippen LogP contribution in [0.25, 0.3) is 11.4 Å². The molecule has 1 aromatic heterocycles. The number of nitrogens with one attached hydrogen (secondary N) is 1. The summed E-state index contributed by atoms with van der Waals surface area (Å²) in [6, 6.07) is 14.0. The molecule has 0 saturated carbocycles. The first-order valence-electron chi connectivity index (χ1n) is 9.15. The fourth-order valence-corrected chi connectivity index (χ4v) is 2.78. The molecule has 2 aromatic carbocycles. The van der Waals surface area contributed by atoms with Crippen molar-refractivity contribution < 1.29 is 9.18 Å². The second-order valence-electron chi connectivity index (χ2n) is 6.62. The summed E-state index contributed by atoms with van der Waals surface area (Å²) in [7, 11) is 1.89. The van der Waals surface area contributed by atoms with Crippen LogP contribution in [0.5, 0.6) is 0 Å². The summed E-state index contributed by atoms with van der Waals surface area (Å²) < 4.78 is 13.0. The number of carbonyl (C=O) groups excluding carboxylic acids is 1. The highest BCUT2D eigenvalue weighted by Crippen LogP contribution is 2.22. The van der Waals surface area contributed by atoms with Gasteiger partial charge in [-0.25, -0.2) is 14.4 Å². The Balaban J connectivity index is 1.86. The summed E-state index contributed by atoms with van der Waals surface area (Å²) >= 11 is 0. The van der Waals surface area contributed by atoms with E-state index in [0.717, 1.165) is 16.7 Å². The number of hydrogen-bond acceptors (Lipinski definition) is 4. The van der Waals surface area contributed by atoms with Crippen LogP contribution in [0.1, 0.15) is 28.4 Å². The van der Waals surface area contributed by atoms with Crippen molar-refractivity contribution in [2.75, 3.05) is 18.5 Å². The van der Waals surface area contributed by atoms with E-state index in [2.05, 4.69) is 15.3 Å². The molecule has 0 radical (unpaired) electrons. The molecule has 0 bridgehead atoms. The first-order chi connectivity index (χ1) is 13.5. The molecule has 3 rings (SSSR count). The highest BCUT2D eigenvalue weighted by Gasteiger charge is 2.18. The third kappa shape index (κ3) is 4.52. The molecular formula is C22H23FN4O. The largest absolute Gasteiger partial charge is 0.359 e. The van der Waals surface area contributed by atoms with Crippen LogP contribution in [-0.2, 0) is 6.54 Å². The number of carbonyl (C=O) groups is 1. The van der Waals surface area contributed by atoms with Gasteiger partial charge in [0.1, 0.15) is 17.2 Å². The minimum Gasteiger partial charge on any atom is -0.359 e. The summed E-state index contributed by atoms with van der Waals surface area (Å²) in [4.78, 5) is 23.7. The van der Waals surface area contributed by atoms with E-state index in [-0.39, 0.29) is 11.7 Å². The van der Waals surface area contributed by atoms with Crippen LogP contribution in [-0.4, -0.2) is 29.5 Å². The van der Waals surface area contributed by atoms with Gasteiger partial charge in [-0.05, 0) is 37.6 Å². The molecule has 0 spiro atoms. The Bertz CT molecular complexity index is 973. The van der Waals surface area contributed by atoms with Crippen LogP contribution < -0.4 is 10.2 Å². The summed E-state index contributed by atoms with van der Waals surface area (Å²) in [6.45, 7) is 5.00. The third-order valence-corrected chi connectivity index (χ3v) is 4.49. The lowest BCUT2D eigenvalue weighted by Crippen LogP contribution is -2.28. The highest BCUT2D eigenvalue weighted by molar-refractivity contribution is 5.98. The highest BCUT2D eigenvalue weighted by atomic mass is 19.1. The molecule has 1 heterocycles. The molecule has 0 aliphatic heterocycles. The standard InChI is InChI=1S/C22H23FN4O/c1-4-27(3)21-19(22(28)25-13-16-8-10-18(23)11-9-16)14-24-20(26-21)17-7-5-6-15(2)12-17/h5-12,14H,4,13H2,1-3H3,(H,25,28). The van der Waals surface area contributed by atoms with Gasteiger partial charge >= 0.3 is 0 Å². The van der Waals surface area contributed by atoms with Crippen molar-refractivity contribution in [3.05, 3.63) is 77.2 Å². The molecule has 0 saturated heterocycles. The fourth-order valence-electron chi connectivity index (χ4n) is 2.78. The lowest BCUT2D eigenvalue weighted by atomic mass is 10.1. The van der Waals surface area contributed by atoms with Gasteiger partial charge in [-0.3, -0.25) is 4.79 Å². The monoisotopic (exact) mass is 378 g/mol. The number of hydrogen-bond donors (Lipinski definition) is 1. The molecule has 1 N–H and O–H groups in total. The Hall–Kier alpha value is -3.28. The zero-order valence-electron chi connectivity index (χ0n) is 16.2. The van der Waals surface area contributed by atoms with Crippen LogP contribution in [0.4, 0.5) is 10.2 Å². The molecule has 0 aliphatic rings. The van der Waals surface area contributed by atoms with Gasteiger partial charge < -0.3 is 10.2 Å². The van der Waals surface area contributed by atoms with E-state index in [4.69, 9.17) is 0 Å². The molecule has 3 aromatic rings. The van der Waals surface area contributed by atoms with Gasteiger partial charge in [0.15, 0.2) is 5.82 Å². The number of halogens is 1. The number of rotatable bonds is 6. The van der Waals surface area contributed by atoms with Gasteiger partial charge in [0, 0.05) is 31.9 Å². The average molecular weight is 378 g/mol. The van der Waals surface area contributed by atoms with Crippen molar-refractivity contribution in [2.45, 2.75) is 20.4 Å². The lowest BCUT2D eigenvalue weighted by Gasteiger charge is -2.19. The minimum absolute atomic E-state index is 0.268. The van der Waals surface area contributed by atoms with Gasteiger partial charge in [0.2, 0.25) is 0 Å². The molecular weight excluding hydrogens is 355 g/mol. The Labute approximate surface area is 164 Å². The Morgan fingerprint density at radius 3 is 2.61 bits per heavy atom.